The van der Waals surface area contributed by atoms with Crippen molar-refractivity contribution < 1.29 is 9.47 Å². The molecule has 3 unspecified atom stereocenters. The quantitative estimate of drug-likeness (QED) is 0.803. The van der Waals surface area contributed by atoms with Crippen molar-refractivity contribution in [2.24, 2.45) is 11.8 Å². The zero-order valence-electron chi connectivity index (χ0n) is 16.2. The van der Waals surface area contributed by atoms with Crippen LogP contribution in [-0.2, 0) is 11.3 Å². The van der Waals surface area contributed by atoms with E-state index in [-0.39, 0.29) is 0 Å². The summed E-state index contributed by atoms with van der Waals surface area (Å²) in [4.78, 5) is 2.59. The number of hydrogen-bond donors (Lipinski definition) is 1. The lowest BCUT2D eigenvalue weighted by atomic mass is 10.0. The Balaban J connectivity index is 1.45. The Hall–Kier alpha value is -1.52. The normalized spacial score (nSPS) is 28.0. The molecule has 0 radical (unpaired) electrons. The van der Waals surface area contributed by atoms with Gasteiger partial charge in [-0.1, -0.05) is 19.1 Å². The van der Waals surface area contributed by atoms with E-state index in [1.54, 1.807) is 7.11 Å². The van der Waals surface area contributed by atoms with Gasteiger partial charge in [-0.15, -0.1) is 0 Å². The average molecular weight is 357 g/mol. The molecule has 4 heteroatoms. The third kappa shape index (κ3) is 3.91. The van der Waals surface area contributed by atoms with E-state index >= 15 is 0 Å². The van der Waals surface area contributed by atoms with Gasteiger partial charge >= 0.3 is 0 Å². The predicted octanol–water partition coefficient (Wildman–Crippen LogP) is 3.93. The number of nitrogens with one attached hydrogen (secondary N) is 1. The van der Waals surface area contributed by atoms with Crippen LogP contribution in [0.1, 0.15) is 44.6 Å². The third-order valence-corrected chi connectivity index (χ3v) is 6.23. The van der Waals surface area contributed by atoms with Crippen molar-refractivity contribution >= 4 is 0 Å². The van der Waals surface area contributed by atoms with Crippen LogP contribution in [0.3, 0.4) is 0 Å². The maximum Gasteiger partial charge on any atom is 0.145 e. The van der Waals surface area contributed by atoms with Gasteiger partial charge in [0.1, 0.15) is 17.3 Å². The lowest BCUT2D eigenvalue weighted by molar-refractivity contribution is 0.166. The number of likely N-dealkylation sites (N-methyl/N-ethyl adjacent to an activating group) is 1. The summed E-state index contributed by atoms with van der Waals surface area (Å²) in [6, 6.07) is 9.28. The van der Waals surface area contributed by atoms with Gasteiger partial charge < -0.3 is 14.8 Å². The highest BCUT2D eigenvalue weighted by Gasteiger charge is 2.46. The van der Waals surface area contributed by atoms with Crippen molar-refractivity contribution in [3.8, 4) is 5.75 Å². The Morgan fingerprint density at radius 3 is 2.96 bits per heavy atom. The lowest BCUT2D eigenvalue weighted by Gasteiger charge is -2.34. The first-order valence-corrected chi connectivity index (χ1v) is 10.3. The first-order chi connectivity index (χ1) is 12.8. The summed E-state index contributed by atoms with van der Waals surface area (Å²) in [6.45, 7) is 6.61. The van der Waals surface area contributed by atoms with E-state index in [2.05, 4.69) is 41.4 Å². The van der Waals surface area contributed by atoms with Gasteiger partial charge in [-0.05, 0) is 62.4 Å². The largest absolute Gasteiger partial charge is 0.498 e. The van der Waals surface area contributed by atoms with Gasteiger partial charge in [0.2, 0.25) is 0 Å². The van der Waals surface area contributed by atoms with E-state index in [0.717, 1.165) is 55.8 Å². The summed E-state index contributed by atoms with van der Waals surface area (Å²) in [6.07, 6.45) is 6.11. The Bertz CT molecular complexity index is 651. The number of benzene rings is 1. The van der Waals surface area contributed by atoms with E-state index in [4.69, 9.17) is 9.47 Å². The number of methoxy groups -OCH3 is 1. The molecule has 4 rings (SSSR count). The van der Waals surface area contributed by atoms with Crippen molar-refractivity contribution in [3.05, 3.63) is 41.3 Å². The first-order valence-electron chi connectivity index (χ1n) is 10.3. The zero-order valence-corrected chi connectivity index (χ0v) is 16.2. The predicted molar refractivity (Wildman–Crippen MR) is 104 cm³/mol. The van der Waals surface area contributed by atoms with Gasteiger partial charge in [-0.2, -0.15) is 0 Å². The summed E-state index contributed by atoms with van der Waals surface area (Å²) in [5.74, 6) is 4.50. The average Bonchev–Trinajstić information content (AvgIpc) is 3.48. The smallest absolute Gasteiger partial charge is 0.145 e. The van der Waals surface area contributed by atoms with E-state index in [9.17, 15) is 0 Å². The number of allylic oxidation sites excluding steroid dienone is 2. The van der Waals surface area contributed by atoms with E-state index in [0.29, 0.717) is 12.0 Å². The number of hydrogen-bond acceptors (Lipinski definition) is 4. The SMILES string of the molecule is CCN(Cc1cccc(OC2=C(OC)CCC3CC23)c1)C1CCCNC1. The Labute approximate surface area is 157 Å². The highest BCUT2D eigenvalue weighted by Crippen LogP contribution is 2.52. The fourth-order valence-electron chi connectivity index (χ4n) is 4.58. The second-order valence-electron chi connectivity index (χ2n) is 7.95. The molecule has 0 amide bonds. The van der Waals surface area contributed by atoms with Crippen molar-refractivity contribution in [3.63, 3.8) is 0 Å². The highest BCUT2D eigenvalue weighted by molar-refractivity contribution is 5.32. The molecule has 26 heavy (non-hydrogen) atoms. The van der Waals surface area contributed by atoms with Crippen LogP contribution >= 0.6 is 0 Å². The molecular formula is C22H32N2O2. The van der Waals surface area contributed by atoms with Gasteiger partial charge in [0.15, 0.2) is 0 Å². The number of fused-ring (bicyclic) bond motifs is 1. The summed E-state index contributed by atoms with van der Waals surface area (Å²) < 4.78 is 11.9. The topological polar surface area (TPSA) is 33.7 Å². The molecule has 1 N–H and O–H groups in total. The van der Waals surface area contributed by atoms with E-state index in [1.807, 2.05) is 0 Å². The molecule has 142 valence electrons. The molecule has 2 aliphatic carbocycles. The molecule has 0 spiro atoms. The fourth-order valence-corrected chi connectivity index (χ4v) is 4.58. The van der Waals surface area contributed by atoms with Crippen LogP contribution in [0.2, 0.25) is 0 Å². The third-order valence-electron chi connectivity index (χ3n) is 6.23. The summed E-state index contributed by atoms with van der Waals surface area (Å²) in [5, 5.41) is 3.54. The molecule has 3 aliphatic rings. The number of ether oxygens (including phenoxy) is 2. The van der Waals surface area contributed by atoms with Gasteiger partial charge in [0.05, 0.1) is 7.11 Å². The number of piperidine rings is 1. The lowest BCUT2D eigenvalue weighted by Crippen LogP contribution is -2.45. The second-order valence-corrected chi connectivity index (χ2v) is 7.95. The van der Waals surface area contributed by atoms with Crippen molar-refractivity contribution in [2.45, 2.75) is 51.6 Å². The van der Waals surface area contributed by atoms with Gasteiger partial charge in [-0.3, -0.25) is 4.90 Å². The maximum atomic E-state index is 6.34. The molecule has 1 saturated carbocycles. The molecule has 1 aromatic rings. The van der Waals surface area contributed by atoms with Crippen molar-refractivity contribution in [1.82, 2.24) is 10.2 Å². The van der Waals surface area contributed by atoms with Crippen LogP contribution < -0.4 is 10.1 Å². The fraction of sp³-hybridized carbons (Fsp3) is 0.636. The van der Waals surface area contributed by atoms with Crippen molar-refractivity contribution in [1.29, 1.82) is 0 Å². The highest BCUT2D eigenvalue weighted by atomic mass is 16.5. The second kappa shape index (κ2) is 8.01. The monoisotopic (exact) mass is 356 g/mol. The minimum atomic E-state index is 0.586. The van der Waals surface area contributed by atoms with Crippen LogP contribution in [-0.4, -0.2) is 37.7 Å². The molecule has 1 heterocycles. The molecule has 1 aliphatic heterocycles. The van der Waals surface area contributed by atoms with E-state index in [1.165, 1.54) is 31.2 Å². The molecule has 3 atom stereocenters. The summed E-state index contributed by atoms with van der Waals surface area (Å²) >= 11 is 0. The van der Waals surface area contributed by atoms with Crippen LogP contribution in [0.5, 0.6) is 5.75 Å². The van der Waals surface area contributed by atoms with Gasteiger partial charge in [-0.25, -0.2) is 0 Å². The number of nitrogens with zero attached hydrogens (tertiary/aromatic N) is 1. The molecule has 1 aromatic carbocycles. The molecule has 2 fully saturated rings. The Morgan fingerprint density at radius 1 is 1.27 bits per heavy atom. The molecular weight excluding hydrogens is 324 g/mol. The van der Waals surface area contributed by atoms with Gasteiger partial charge in [0.25, 0.3) is 0 Å². The molecule has 0 bridgehead atoms. The molecule has 1 saturated heterocycles. The van der Waals surface area contributed by atoms with Gasteiger partial charge in [0, 0.05) is 31.5 Å². The summed E-state index contributed by atoms with van der Waals surface area (Å²) in [5.41, 5.74) is 1.33. The molecule has 4 nitrogen and oxygen atoms in total. The Morgan fingerprint density at radius 2 is 2.19 bits per heavy atom. The zero-order chi connectivity index (χ0) is 17.9. The van der Waals surface area contributed by atoms with Crippen LogP contribution in [0, 0.1) is 11.8 Å². The minimum absolute atomic E-state index is 0.586. The molecule has 0 aromatic heterocycles. The van der Waals surface area contributed by atoms with Crippen LogP contribution in [0.15, 0.2) is 35.8 Å². The number of rotatable bonds is 7. The van der Waals surface area contributed by atoms with Crippen molar-refractivity contribution in [2.75, 3.05) is 26.7 Å². The van der Waals surface area contributed by atoms with E-state index < -0.39 is 0 Å². The Kier molecular flexibility index (Phi) is 5.51. The minimum Gasteiger partial charge on any atom is -0.498 e. The maximum absolute atomic E-state index is 6.34. The van der Waals surface area contributed by atoms with Crippen LogP contribution in [0.4, 0.5) is 0 Å². The standard InChI is InChI=1S/C22H32N2O2/c1-3-24(18-7-5-11-23-14-18)15-16-6-4-8-19(12-16)26-22-20-13-17(20)9-10-21(22)25-2/h4,6,8,12,17-18,20,23H,3,5,7,9-11,13-15H2,1-2H3. The van der Waals surface area contributed by atoms with Crippen LogP contribution in [0.25, 0.3) is 0 Å². The summed E-state index contributed by atoms with van der Waals surface area (Å²) in [7, 11) is 1.77. The first kappa shape index (κ1) is 17.9.